The van der Waals surface area contributed by atoms with E-state index in [0.717, 1.165) is 48.3 Å². The van der Waals surface area contributed by atoms with Crippen LogP contribution >= 0.6 is 0 Å². The highest BCUT2D eigenvalue weighted by molar-refractivity contribution is 5.79. The Labute approximate surface area is 203 Å². The quantitative estimate of drug-likeness (QED) is 0.520. The van der Waals surface area contributed by atoms with Gasteiger partial charge in [-0.1, -0.05) is 76.9 Å². The Hall–Kier alpha value is -3.02. The molecule has 1 fully saturated rings. The van der Waals surface area contributed by atoms with E-state index in [4.69, 9.17) is 9.47 Å². The number of amides is 2. The van der Waals surface area contributed by atoms with Crippen LogP contribution in [-0.4, -0.2) is 37.1 Å². The van der Waals surface area contributed by atoms with Gasteiger partial charge in [-0.05, 0) is 47.9 Å². The number of nitrogens with one attached hydrogen (secondary N) is 2. The smallest absolute Gasteiger partial charge is 0.258 e. The van der Waals surface area contributed by atoms with Gasteiger partial charge in [0, 0.05) is 12.1 Å². The van der Waals surface area contributed by atoms with Crippen molar-refractivity contribution in [3.05, 3.63) is 59.7 Å². The molecule has 0 aromatic heterocycles. The molecular formula is C28H38N2O4. The molecule has 0 saturated heterocycles. The highest BCUT2D eigenvalue weighted by atomic mass is 16.5. The molecule has 2 aromatic carbocycles. The molecule has 0 unspecified atom stereocenters. The van der Waals surface area contributed by atoms with Crippen molar-refractivity contribution < 1.29 is 19.1 Å². The number of para-hydroxylation sites is 2. The Morgan fingerprint density at radius 2 is 1.12 bits per heavy atom. The molecule has 6 nitrogen and oxygen atoms in total. The lowest BCUT2D eigenvalue weighted by Crippen LogP contribution is -2.54. The summed E-state index contributed by atoms with van der Waals surface area (Å²) in [5.74, 6) is 1.75. The van der Waals surface area contributed by atoms with Crippen LogP contribution in [0, 0.1) is 0 Å². The predicted molar refractivity (Wildman–Crippen MR) is 134 cm³/mol. The lowest BCUT2D eigenvalue weighted by Gasteiger charge is -2.32. The molecule has 34 heavy (non-hydrogen) atoms. The largest absolute Gasteiger partial charge is 0.483 e. The van der Waals surface area contributed by atoms with Crippen LogP contribution in [0.15, 0.2) is 48.5 Å². The maximum absolute atomic E-state index is 12.6. The van der Waals surface area contributed by atoms with Gasteiger partial charge in [0.2, 0.25) is 0 Å². The summed E-state index contributed by atoms with van der Waals surface area (Å²) in [5.41, 5.74) is 2.16. The number of ether oxygens (including phenoxy) is 2. The molecule has 184 valence electrons. The maximum atomic E-state index is 12.6. The molecule has 0 heterocycles. The Balaban J connectivity index is 1.51. The van der Waals surface area contributed by atoms with Crippen molar-refractivity contribution in [2.75, 3.05) is 13.2 Å². The number of benzene rings is 2. The Morgan fingerprint density at radius 1 is 0.735 bits per heavy atom. The van der Waals surface area contributed by atoms with Crippen LogP contribution in [0.2, 0.25) is 0 Å². The van der Waals surface area contributed by atoms with Crippen LogP contribution in [0.4, 0.5) is 0 Å². The first-order valence-corrected chi connectivity index (χ1v) is 12.4. The number of carbonyl (C=O) groups is 2. The lowest BCUT2D eigenvalue weighted by molar-refractivity contribution is -0.127. The predicted octanol–water partition coefficient (Wildman–Crippen LogP) is 4.93. The summed E-state index contributed by atoms with van der Waals surface area (Å²) in [6, 6.07) is 15.4. The van der Waals surface area contributed by atoms with Crippen molar-refractivity contribution in [3.8, 4) is 11.5 Å². The van der Waals surface area contributed by atoms with Crippen LogP contribution in [-0.2, 0) is 9.59 Å². The average molecular weight is 467 g/mol. The highest BCUT2D eigenvalue weighted by Gasteiger charge is 2.28. The number of carbonyl (C=O) groups excluding carboxylic acids is 2. The van der Waals surface area contributed by atoms with Crippen molar-refractivity contribution in [2.24, 2.45) is 0 Å². The van der Waals surface area contributed by atoms with Crippen molar-refractivity contribution >= 4 is 11.8 Å². The van der Waals surface area contributed by atoms with Gasteiger partial charge >= 0.3 is 0 Å². The summed E-state index contributed by atoms with van der Waals surface area (Å²) in [5, 5.41) is 6.14. The van der Waals surface area contributed by atoms with E-state index in [0.29, 0.717) is 11.8 Å². The van der Waals surface area contributed by atoms with Gasteiger partial charge in [0.1, 0.15) is 11.5 Å². The first-order valence-electron chi connectivity index (χ1n) is 12.4. The summed E-state index contributed by atoms with van der Waals surface area (Å²) >= 11 is 0. The van der Waals surface area contributed by atoms with Gasteiger partial charge in [0.25, 0.3) is 11.8 Å². The standard InChI is InChI=1S/C28H38N2O4/c1-19(2)21-11-5-9-15-25(21)33-17-27(31)29-23-13-7-8-14-24(23)30-28(32)18-34-26-16-10-6-12-22(26)20(3)4/h5-6,9-12,15-16,19-20,23-24H,7-8,13-14,17-18H2,1-4H3,(H,29,31)(H,30,32)/t23-,24+. The van der Waals surface area contributed by atoms with E-state index in [1.807, 2.05) is 48.5 Å². The molecule has 0 aliphatic heterocycles. The normalized spacial score (nSPS) is 17.9. The fourth-order valence-corrected chi connectivity index (χ4v) is 4.44. The van der Waals surface area contributed by atoms with Gasteiger partial charge in [0.05, 0.1) is 0 Å². The van der Waals surface area contributed by atoms with E-state index in [1.54, 1.807) is 0 Å². The molecule has 1 saturated carbocycles. The van der Waals surface area contributed by atoms with Crippen LogP contribution in [0.3, 0.4) is 0 Å². The van der Waals surface area contributed by atoms with Gasteiger partial charge < -0.3 is 20.1 Å². The van der Waals surface area contributed by atoms with E-state index in [2.05, 4.69) is 38.3 Å². The monoisotopic (exact) mass is 466 g/mol. The molecule has 2 aromatic rings. The summed E-state index contributed by atoms with van der Waals surface area (Å²) in [6.07, 6.45) is 3.70. The number of hydrogen-bond donors (Lipinski definition) is 2. The summed E-state index contributed by atoms with van der Waals surface area (Å²) in [7, 11) is 0. The molecule has 0 bridgehead atoms. The lowest BCUT2D eigenvalue weighted by atomic mass is 9.90. The molecule has 3 rings (SSSR count). The third kappa shape index (κ3) is 7.24. The first kappa shape index (κ1) is 25.6. The van der Waals surface area contributed by atoms with Crippen molar-refractivity contribution in [1.82, 2.24) is 10.6 Å². The zero-order chi connectivity index (χ0) is 24.5. The van der Waals surface area contributed by atoms with Crippen LogP contribution in [0.5, 0.6) is 11.5 Å². The van der Waals surface area contributed by atoms with Crippen molar-refractivity contribution in [3.63, 3.8) is 0 Å². The fraction of sp³-hybridized carbons (Fsp3) is 0.500. The average Bonchev–Trinajstić information content (AvgIpc) is 2.83. The molecule has 2 atom stereocenters. The van der Waals surface area contributed by atoms with Gasteiger partial charge in [-0.25, -0.2) is 0 Å². The maximum Gasteiger partial charge on any atom is 0.258 e. The van der Waals surface area contributed by atoms with Crippen LogP contribution < -0.4 is 20.1 Å². The highest BCUT2D eigenvalue weighted by Crippen LogP contribution is 2.27. The Kier molecular flexibility index (Phi) is 9.37. The third-order valence-corrected chi connectivity index (χ3v) is 6.26. The minimum Gasteiger partial charge on any atom is -0.483 e. The van der Waals surface area contributed by atoms with Gasteiger partial charge in [-0.2, -0.15) is 0 Å². The second-order valence-electron chi connectivity index (χ2n) is 9.59. The van der Waals surface area contributed by atoms with Gasteiger partial charge in [0.15, 0.2) is 13.2 Å². The van der Waals surface area contributed by atoms with Gasteiger partial charge in [-0.15, -0.1) is 0 Å². The Morgan fingerprint density at radius 3 is 1.50 bits per heavy atom. The second-order valence-corrected chi connectivity index (χ2v) is 9.59. The van der Waals surface area contributed by atoms with E-state index in [1.165, 1.54) is 0 Å². The van der Waals surface area contributed by atoms with Crippen LogP contribution in [0.1, 0.15) is 76.3 Å². The molecule has 0 spiro atoms. The molecule has 1 aliphatic carbocycles. The first-order chi connectivity index (χ1) is 16.3. The minimum absolute atomic E-state index is 0.0456. The summed E-state index contributed by atoms with van der Waals surface area (Å²) in [6.45, 7) is 8.31. The van der Waals surface area contributed by atoms with E-state index in [-0.39, 0.29) is 37.1 Å². The van der Waals surface area contributed by atoms with Crippen molar-refractivity contribution in [1.29, 1.82) is 0 Å². The molecule has 6 heteroatoms. The summed E-state index contributed by atoms with van der Waals surface area (Å²) in [4.78, 5) is 25.3. The Bertz CT molecular complexity index is 879. The third-order valence-electron chi connectivity index (χ3n) is 6.26. The zero-order valence-electron chi connectivity index (χ0n) is 20.8. The number of hydrogen-bond acceptors (Lipinski definition) is 4. The zero-order valence-corrected chi connectivity index (χ0v) is 20.8. The van der Waals surface area contributed by atoms with Crippen LogP contribution in [0.25, 0.3) is 0 Å². The number of rotatable bonds is 10. The van der Waals surface area contributed by atoms with E-state index in [9.17, 15) is 9.59 Å². The topological polar surface area (TPSA) is 76.7 Å². The molecule has 1 aliphatic rings. The second kappa shape index (κ2) is 12.4. The van der Waals surface area contributed by atoms with E-state index >= 15 is 0 Å². The van der Waals surface area contributed by atoms with Crippen molar-refractivity contribution in [2.45, 2.75) is 77.3 Å². The fourth-order valence-electron chi connectivity index (χ4n) is 4.44. The van der Waals surface area contributed by atoms with Gasteiger partial charge in [-0.3, -0.25) is 9.59 Å². The summed E-state index contributed by atoms with van der Waals surface area (Å²) < 4.78 is 11.6. The van der Waals surface area contributed by atoms with E-state index < -0.39 is 0 Å². The molecule has 0 radical (unpaired) electrons. The molecule has 2 N–H and O–H groups in total. The minimum atomic E-state index is -0.174. The SMILES string of the molecule is CC(C)c1ccccc1OCC(=O)N[C@H]1CCCC[C@H]1NC(=O)COc1ccccc1C(C)C. The molecular weight excluding hydrogens is 428 g/mol. The molecule has 2 amide bonds.